The SMILES string of the molecule is CC(C)NC(=S)NC12CC3CC(C)(CC(C)(C3)C1)C2. The predicted molar refractivity (Wildman–Crippen MR) is 84.1 cm³/mol. The Morgan fingerprint density at radius 3 is 2.11 bits per heavy atom. The Balaban J connectivity index is 1.79. The van der Waals surface area contributed by atoms with Gasteiger partial charge in [0.1, 0.15) is 0 Å². The van der Waals surface area contributed by atoms with Crippen LogP contribution in [-0.4, -0.2) is 16.7 Å². The molecule has 0 spiro atoms. The van der Waals surface area contributed by atoms with E-state index in [0.717, 1.165) is 11.0 Å². The van der Waals surface area contributed by atoms with E-state index in [2.05, 4.69) is 38.3 Å². The number of nitrogens with one attached hydrogen (secondary N) is 2. The molecule has 4 aliphatic carbocycles. The lowest BCUT2D eigenvalue weighted by molar-refractivity contribution is -0.111. The first kappa shape index (κ1) is 13.7. The van der Waals surface area contributed by atoms with Crippen LogP contribution < -0.4 is 10.6 Å². The summed E-state index contributed by atoms with van der Waals surface area (Å²) in [5.41, 5.74) is 1.38. The van der Waals surface area contributed by atoms with Crippen molar-refractivity contribution in [3.05, 3.63) is 0 Å². The van der Waals surface area contributed by atoms with Crippen LogP contribution in [0.3, 0.4) is 0 Å². The zero-order valence-electron chi connectivity index (χ0n) is 12.8. The van der Waals surface area contributed by atoms with Gasteiger partial charge in [0.25, 0.3) is 0 Å². The second kappa shape index (κ2) is 4.09. The molecule has 0 aliphatic heterocycles. The normalized spacial score (nSPS) is 47.5. The first-order chi connectivity index (χ1) is 8.72. The van der Waals surface area contributed by atoms with Gasteiger partial charge in [0.05, 0.1) is 0 Å². The van der Waals surface area contributed by atoms with Crippen molar-refractivity contribution in [3.63, 3.8) is 0 Å². The minimum absolute atomic E-state index is 0.280. The van der Waals surface area contributed by atoms with E-state index in [1.807, 2.05) is 0 Å². The highest BCUT2D eigenvalue weighted by atomic mass is 32.1. The fourth-order valence-electron chi connectivity index (χ4n) is 6.13. The largest absolute Gasteiger partial charge is 0.361 e. The maximum Gasteiger partial charge on any atom is 0.166 e. The third-order valence-corrected chi connectivity index (χ3v) is 5.64. The Hall–Kier alpha value is -0.310. The number of hydrogen-bond donors (Lipinski definition) is 2. The summed E-state index contributed by atoms with van der Waals surface area (Å²) in [5.74, 6) is 0.917. The molecule has 0 amide bonds. The molecule has 19 heavy (non-hydrogen) atoms. The lowest BCUT2D eigenvalue weighted by atomic mass is 9.43. The first-order valence-electron chi connectivity index (χ1n) is 7.80. The third-order valence-electron chi connectivity index (χ3n) is 5.42. The molecule has 4 bridgehead atoms. The van der Waals surface area contributed by atoms with E-state index in [4.69, 9.17) is 12.2 Å². The minimum atomic E-state index is 0.280. The molecule has 0 aromatic rings. The summed E-state index contributed by atoms with van der Waals surface area (Å²) >= 11 is 5.52. The first-order valence-corrected chi connectivity index (χ1v) is 8.21. The molecule has 0 aromatic heterocycles. The van der Waals surface area contributed by atoms with E-state index in [1.54, 1.807) is 0 Å². The molecule has 0 aromatic carbocycles. The molecule has 2 N–H and O–H groups in total. The van der Waals surface area contributed by atoms with Gasteiger partial charge in [-0.3, -0.25) is 0 Å². The Morgan fingerprint density at radius 2 is 1.63 bits per heavy atom. The molecule has 2 nitrogen and oxygen atoms in total. The van der Waals surface area contributed by atoms with E-state index in [-0.39, 0.29) is 5.54 Å². The van der Waals surface area contributed by atoms with Crippen molar-refractivity contribution in [2.45, 2.75) is 77.8 Å². The molecule has 4 aliphatic rings. The van der Waals surface area contributed by atoms with Gasteiger partial charge in [-0.1, -0.05) is 13.8 Å². The monoisotopic (exact) mass is 280 g/mol. The average Bonchev–Trinajstić information content (AvgIpc) is 2.06. The zero-order valence-corrected chi connectivity index (χ0v) is 13.6. The number of thiocarbonyl (C=S) groups is 1. The lowest BCUT2D eigenvalue weighted by Gasteiger charge is -2.65. The quantitative estimate of drug-likeness (QED) is 0.756. The summed E-state index contributed by atoms with van der Waals surface area (Å²) in [6.07, 6.45) is 8.26. The second-order valence-electron chi connectivity index (χ2n) is 8.66. The second-order valence-corrected chi connectivity index (χ2v) is 9.07. The highest BCUT2D eigenvalue weighted by molar-refractivity contribution is 7.80. The van der Waals surface area contributed by atoms with E-state index >= 15 is 0 Å². The number of hydrogen-bond acceptors (Lipinski definition) is 1. The molecule has 0 saturated heterocycles. The summed E-state index contributed by atoms with van der Waals surface area (Å²) in [6, 6.07) is 0.417. The molecule has 0 heterocycles. The molecule has 4 fully saturated rings. The molecule has 0 radical (unpaired) electrons. The van der Waals surface area contributed by atoms with Crippen LogP contribution in [0.4, 0.5) is 0 Å². The van der Waals surface area contributed by atoms with Gasteiger partial charge >= 0.3 is 0 Å². The summed E-state index contributed by atoms with van der Waals surface area (Å²) in [5, 5.41) is 7.95. The molecule has 2 atom stereocenters. The van der Waals surface area contributed by atoms with Crippen LogP contribution in [0.25, 0.3) is 0 Å². The van der Waals surface area contributed by atoms with Gasteiger partial charge in [-0.25, -0.2) is 0 Å². The van der Waals surface area contributed by atoms with Gasteiger partial charge in [-0.05, 0) is 81.3 Å². The molecule has 2 unspecified atom stereocenters. The minimum Gasteiger partial charge on any atom is -0.361 e. The van der Waals surface area contributed by atoms with E-state index in [0.29, 0.717) is 16.9 Å². The van der Waals surface area contributed by atoms with Gasteiger partial charge < -0.3 is 10.6 Å². The smallest absolute Gasteiger partial charge is 0.166 e. The Labute approximate surface area is 123 Å². The van der Waals surface area contributed by atoms with E-state index in [1.165, 1.54) is 38.5 Å². The molecular formula is C16H28N2S. The van der Waals surface area contributed by atoms with Gasteiger partial charge in [-0.2, -0.15) is 0 Å². The summed E-state index contributed by atoms with van der Waals surface area (Å²) in [6.45, 7) is 9.31. The Morgan fingerprint density at radius 1 is 1.05 bits per heavy atom. The third kappa shape index (κ3) is 2.51. The fraction of sp³-hybridized carbons (Fsp3) is 0.938. The highest BCUT2D eigenvalue weighted by Gasteiger charge is 2.60. The molecular weight excluding hydrogens is 252 g/mol. The van der Waals surface area contributed by atoms with Crippen molar-refractivity contribution in [3.8, 4) is 0 Å². The lowest BCUT2D eigenvalue weighted by Crippen LogP contribution is -2.66. The van der Waals surface area contributed by atoms with Crippen molar-refractivity contribution in [2.75, 3.05) is 0 Å². The van der Waals surface area contributed by atoms with E-state index < -0.39 is 0 Å². The number of rotatable bonds is 2. The Bertz CT molecular complexity index is 386. The molecule has 108 valence electrons. The standard InChI is InChI=1S/C16H28N2S/c1-11(2)17-13(19)18-16-7-12-5-14(3,9-16)8-15(4,6-12)10-16/h11-12H,5-10H2,1-4H3,(H2,17,18,19). The summed E-state index contributed by atoms with van der Waals surface area (Å²) in [4.78, 5) is 0. The van der Waals surface area contributed by atoms with Crippen molar-refractivity contribution < 1.29 is 0 Å². The maximum absolute atomic E-state index is 5.52. The predicted octanol–water partition coefficient (Wildman–Crippen LogP) is 3.61. The fourth-order valence-corrected chi connectivity index (χ4v) is 6.58. The van der Waals surface area contributed by atoms with Crippen molar-refractivity contribution >= 4 is 17.3 Å². The van der Waals surface area contributed by atoms with Gasteiger partial charge in [0.15, 0.2) is 5.11 Å². The summed E-state index contributed by atoms with van der Waals surface area (Å²) < 4.78 is 0. The average molecular weight is 280 g/mol. The van der Waals surface area contributed by atoms with Crippen LogP contribution in [0.1, 0.15) is 66.2 Å². The van der Waals surface area contributed by atoms with Crippen molar-refractivity contribution in [1.82, 2.24) is 10.6 Å². The Kier molecular flexibility index (Phi) is 2.94. The maximum atomic E-state index is 5.52. The van der Waals surface area contributed by atoms with Crippen LogP contribution in [0.2, 0.25) is 0 Å². The van der Waals surface area contributed by atoms with Crippen LogP contribution in [0, 0.1) is 16.7 Å². The van der Waals surface area contributed by atoms with Gasteiger partial charge in [0, 0.05) is 11.6 Å². The van der Waals surface area contributed by atoms with Crippen molar-refractivity contribution in [2.24, 2.45) is 16.7 Å². The van der Waals surface area contributed by atoms with Gasteiger partial charge in [-0.15, -0.1) is 0 Å². The molecule has 3 heteroatoms. The highest BCUT2D eigenvalue weighted by Crippen LogP contribution is 2.66. The van der Waals surface area contributed by atoms with Crippen molar-refractivity contribution in [1.29, 1.82) is 0 Å². The van der Waals surface area contributed by atoms with Crippen LogP contribution in [-0.2, 0) is 0 Å². The van der Waals surface area contributed by atoms with Gasteiger partial charge in [0.2, 0.25) is 0 Å². The molecule has 4 rings (SSSR count). The van der Waals surface area contributed by atoms with Crippen LogP contribution >= 0.6 is 12.2 Å². The van der Waals surface area contributed by atoms with Crippen LogP contribution in [0.15, 0.2) is 0 Å². The van der Waals surface area contributed by atoms with Crippen LogP contribution in [0.5, 0.6) is 0 Å². The van der Waals surface area contributed by atoms with E-state index in [9.17, 15) is 0 Å². The zero-order chi connectivity index (χ0) is 13.9. The topological polar surface area (TPSA) is 24.1 Å². The summed E-state index contributed by atoms with van der Waals surface area (Å²) in [7, 11) is 0. The molecule has 4 saturated carbocycles.